The molecule has 0 amide bonds. The summed E-state index contributed by atoms with van der Waals surface area (Å²) in [5, 5.41) is 3.90. The first-order valence-electron chi connectivity index (χ1n) is 8.71. The van der Waals surface area contributed by atoms with Crippen molar-refractivity contribution in [2.45, 2.75) is 30.2 Å². The Kier molecular flexibility index (Phi) is 5.70. The number of hydrogen-bond acceptors (Lipinski definition) is 6. The van der Waals surface area contributed by atoms with Crippen LogP contribution in [0.15, 0.2) is 58.6 Å². The van der Waals surface area contributed by atoms with E-state index in [9.17, 15) is 21.6 Å². The lowest BCUT2D eigenvalue weighted by Crippen LogP contribution is -2.23. The van der Waals surface area contributed by atoms with Gasteiger partial charge in [-0.2, -0.15) is 0 Å². The molecule has 0 saturated carbocycles. The highest BCUT2D eigenvalue weighted by Gasteiger charge is 2.38. The highest BCUT2D eigenvalue weighted by atomic mass is 32.2. The van der Waals surface area contributed by atoms with Crippen LogP contribution in [0, 0.1) is 0 Å². The van der Waals surface area contributed by atoms with Crippen LogP contribution in [0.5, 0.6) is 11.5 Å². The lowest BCUT2D eigenvalue weighted by molar-refractivity contribution is -0.274. The second-order valence-electron chi connectivity index (χ2n) is 6.92. The molecule has 0 N–H and O–H groups in total. The SMILES string of the molecule is CN(C)S(=O)(=O)c1ccc(OC2=NO[C@@](C)(c3ccc(OC(F)(F)F)cc3)C2)cc1. The van der Waals surface area contributed by atoms with Crippen molar-refractivity contribution in [3.63, 3.8) is 0 Å². The molecular weight excluding hydrogens is 425 g/mol. The zero-order valence-electron chi connectivity index (χ0n) is 16.3. The van der Waals surface area contributed by atoms with Gasteiger partial charge in [-0.05, 0) is 48.9 Å². The maximum Gasteiger partial charge on any atom is 0.573 e. The molecule has 0 radical (unpaired) electrons. The summed E-state index contributed by atoms with van der Waals surface area (Å²) in [6.07, 6.45) is -4.54. The summed E-state index contributed by atoms with van der Waals surface area (Å²) < 4.78 is 71.7. The number of alkyl halides is 3. The van der Waals surface area contributed by atoms with Crippen molar-refractivity contribution in [3.8, 4) is 11.5 Å². The minimum absolute atomic E-state index is 0.121. The van der Waals surface area contributed by atoms with E-state index in [4.69, 9.17) is 9.57 Å². The van der Waals surface area contributed by atoms with E-state index in [2.05, 4.69) is 9.89 Å². The van der Waals surface area contributed by atoms with Gasteiger partial charge >= 0.3 is 6.36 Å². The van der Waals surface area contributed by atoms with Gasteiger partial charge < -0.3 is 14.3 Å². The summed E-state index contributed by atoms with van der Waals surface area (Å²) in [6.45, 7) is 1.72. The summed E-state index contributed by atoms with van der Waals surface area (Å²) in [4.78, 5) is 5.58. The number of hydrogen-bond donors (Lipinski definition) is 0. The summed E-state index contributed by atoms with van der Waals surface area (Å²) >= 11 is 0. The van der Waals surface area contributed by atoms with Crippen LogP contribution in [0.1, 0.15) is 18.9 Å². The number of sulfonamides is 1. The van der Waals surface area contributed by atoms with E-state index >= 15 is 0 Å². The Morgan fingerprint density at radius 1 is 1.03 bits per heavy atom. The number of oxime groups is 1. The van der Waals surface area contributed by atoms with Crippen molar-refractivity contribution in [2.75, 3.05) is 14.1 Å². The van der Waals surface area contributed by atoms with Crippen LogP contribution in [0.4, 0.5) is 13.2 Å². The van der Waals surface area contributed by atoms with Gasteiger partial charge in [0.2, 0.25) is 15.9 Å². The molecule has 7 nitrogen and oxygen atoms in total. The molecule has 1 aliphatic heterocycles. The van der Waals surface area contributed by atoms with Gasteiger partial charge in [0.15, 0.2) is 5.60 Å². The minimum Gasteiger partial charge on any atom is -0.440 e. The first kappa shape index (κ1) is 21.9. The molecule has 162 valence electrons. The predicted molar refractivity (Wildman–Crippen MR) is 102 cm³/mol. The Balaban J connectivity index is 1.66. The first-order chi connectivity index (χ1) is 13.9. The zero-order valence-corrected chi connectivity index (χ0v) is 17.1. The Morgan fingerprint density at radius 3 is 2.13 bits per heavy atom. The first-order valence-corrected chi connectivity index (χ1v) is 10.1. The highest BCUT2D eigenvalue weighted by molar-refractivity contribution is 7.89. The molecule has 11 heteroatoms. The molecule has 0 unspecified atom stereocenters. The van der Waals surface area contributed by atoms with Crippen LogP contribution in [0.3, 0.4) is 0 Å². The molecule has 1 atom stereocenters. The van der Waals surface area contributed by atoms with Crippen molar-refractivity contribution in [3.05, 3.63) is 54.1 Å². The molecule has 0 aliphatic carbocycles. The second-order valence-corrected chi connectivity index (χ2v) is 9.07. The van der Waals surface area contributed by atoms with Gasteiger partial charge in [0.05, 0.1) is 11.3 Å². The minimum atomic E-state index is -4.76. The van der Waals surface area contributed by atoms with Gasteiger partial charge in [-0.3, -0.25) is 0 Å². The normalized spacial score (nSPS) is 19.4. The van der Waals surface area contributed by atoms with E-state index in [0.29, 0.717) is 11.3 Å². The number of ether oxygens (including phenoxy) is 2. The summed E-state index contributed by atoms with van der Waals surface area (Å²) in [7, 11) is -0.673. The lowest BCUT2D eigenvalue weighted by Gasteiger charge is -2.21. The summed E-state index contributed by atoms with van der Waals surface area (Å²) in [5.74, 6) is 0.280. The van der Waals surface area contributed by atoms with Gasteiger partial charge in [0.25, 0.3) is 0 Å². The Bertz CT molecular complexity index is 1040. The van der Waals surface area contributed by atoms with E-state index in [-0.39, 0.29) is 23.0 Å². The predicted octanol–water partition coefficient (Wildman–Crippen LogP) is 3.86. The fourth-order valence-corrected chi connectivity index (χ4v) is 3.65. The van der Waals surface area contributed by atoms with Gasteiger partial charge in [-0.15, -0.1) is 13.2 Å². The third kappa shape index (κ3) is 4.85. The molecule has 0 spiro atoms. The smallest absolute Gasteiger partial charge is 0.440 e. The van der Waals surface area contributed by atoms with Crippen LogP contribution in [0.25, 0.3) is 0 Å². The summed E-state index contributed by atoms with van der Waals surface area (Å²) in [6, 6.07) is 11.1. The van der Waals surface area contributed by atoms with E-state index < -0.39 is 22.0 Å². The Morgan fingerprint density at radius 2 is 1.60 bits per heavy atom. The Hall–Kier alpha value is -2.79. The Labute approximate surface area is 171 Å². The van der Waals surface area contributed by atoms with Crippen molar-refractivity contribution >= 4 is 15.9 Å². The van der Waals surface area contributed by atoms with Crippen LogP contribution < -0.4 is 9.47 Å². The molecule has 0 fully saturated rings. The van der Waals surface area contributed by atoms with Gasteiger partial charge in [0, 0.05) is 14.1 Å². The van der Waals surface area contributed by atoms with Crippen molar-refractivity contribution < 1.29 is 35.9 Å². The molecule has 0 aromatic heterocycles. The van der Waals surface area contributed by atoms with Gasteiger partial charge in [-0.1, -0.05) is 17.3 Å². The lowest BCUT2D eigenvalue weighted by atomic mass is 9.93. The van der Waals surface area contributed by atoms with E-state index in [1.165, 1.54) is 62.6 Å². The molecule has 0 bridgehead atoms. The van der Waals surface area contributed by atoms with Crippen molar-refractivity contribution in [1.82, 2.24) is 4.31 Å². The van der Waals surface area contributed by atoms with E-state index in [1.807, 2.05) is 0 Å². The average Bonchev–Trinajstić information content (AvgIpc) is 3.03. The van der Waals surface area contributed by atoms with Gasteiger partial charge in [-0.25, -0.2) is 12.7 Å². The van der Waals surface area contributed by atoms with E-state index in [1.54, 1.807) is 6.92 Å². The van der Waals surface area contributed by atoms with E-state index in [0.717, 1.165) is 4.31 Å². The third-order valence-corrected chi connectivity index (χ3v) is 6.20. The molecule has 2 aromatic carbocycles. The molecule has 3 rings (SSSR count). The number of halogens is 3. The second kappa shape index (κ2) is 7.80. The quantitative estimate of drug-likeness (QED) is 0.700. The number of nitrogens with zero attached hydrogens (tertiary/aromatic N) is 2. The van der Waals surface area contributed by atoms with Crippen LogP contribution in [-0.2, 0) is 20.5 Å². The number of rotatable bonds is 5. The third-order valence-electron chi connectivity index (χ3n) is 4.37. The average molecular weight is 444 g/mol. The molecule has 1 aliphatic rings. The topological polar surface area (TPSA) is 77.4 Å². The van der Waals surface area contributed by atoms with Gasteiger partial charge in [0.1, 0.15) is 11.5 Å². The molecule has 0 saturated heterocycles. The standard InChI is InChI=1S/C19H19F3N2O5S/c1-18(13-4-6-15(7-5-13)28-19(20,21)22)12-17(23-29-18)27-14-8-10-16(11-9-14)30(25,26)24(2)3/h4-11H,12H2,1-3H3/t18-/m1/s1. The maximum atomic E-state index is 12.3. The molecule has 1 heterocycles. The molecular formula is C19H19F3N2O5S. The van der Waals surface area contributed by atoms with Crippen molar-refractivity contribution in [1.29, 1.82) is 0 Å². The zero-order chi connectivity index (χ0) is 22.2. The van der Waals surface area contributed by atoms with Crippen molar-refractivity contribution in [2.24, 2.45) is 5.16 Å². The van der Waals surface area contributed by atoms with Crippen LogP contribution in [-0.4, -0.2) is 39.1 Å². The molecule has 30 heavy (non-hydrogen) atoms. The number of benzene rings is 2. The maximum absolute atomic E-state index is 12.3. The highest BCUT2D eigenvalue weighted by Crippen LogP contribution is 2.36. The summed E-state index contributed by atoms with van der Waals surface area (Å²) in [5.41, 5.74) is -0.341. The van der Waals surface area contributed by atoms with Crippen LogP contribution >= 0.6 is 0 Å². The van der Waals surface area contributed by atoms with Crippen LogP contribution in [0.2, 0.25) is 0 Å². The molecule has 2 aromatic rings. The fourth-order valence-electron chi connectivity index (χ4n) is 2.75. The monoisotopic (exact) mass is 444 g/mol. The largest absolute Gasteiger partial charge is 0.573 e. The fraction of sp³-hybridized carbons (Fsp3) is 0.316.